The molecule has 1 aromatic rings. The fraction of sp³-hybridized carbons (Fsp3) is 0.417. The van der Waals surface area contributed by atoms with Crippen molar-refractivity contribution in [3.63, 3.8) is 0 Å². The van der Waals surface area contributed by atoms with E-state index in [1.807, 2.05) is 25.1 Å². The molecular formula is C12H15NO3. The molecule has 1 fully saturated rings. The van der Waals surface area contributed by atoms with E-state index in [1.165, 1.54) is 4.90 Å². The summed E-state index contributed by atoms with van der Waals surface area (Å²) in [5.41, 5.74) is 2.47. The highest BCUT2D eigenvalue weighted by Crippen LogP contribution is 2.26. The molecule has 1 saturated heterocycles. The topological polar surface area (TPSA) is 60.8 Å². The summed E-state index contributed by atoms with van der Waals surface area (Å²) >= 11 is 0. The van der Waals surface area contributed by atoms with Gasteiger partial charge in [0.05, 0.1) is 25.7 Å². The van der Waals surface area contributed by atoms with E-state index in [4.69, 9.17) is 0 Å². The fourth-order valence-corrected chi connectivity index (χ4v) is 2.03. The summed E-state index contributed by atoms with van der Waals surface area (Å²) in [6.45, 7) is 2.15. The molecule has 0 aliphatic carbocycles. The van der Waals surface area contributed by atoms with Crippen LogP contribution < -0.4 is 4.90 Å². The summed E-state index contributed by atoms with van der Waals surface area (Å²) in [5, 5.41) is 18.7. The predicted octanol–water partition coefficient (Wildman–Crippen LogP) is 0.585. The number of aliphatic hydroxyl groups is 2. The molecule has 0 saturated carbocycles. The monoisotopic (exact) mass is 221 g/mol. The van der Waals surface area contributed by atoms with Crippen LogP contribution in [0.4, 0.5) is 5.69 Å². The first-order chi connectivity index (χ1) is 7.61. The van der Waals surface area contributed by atoms with Crippen LogP contribution in [0.1, 0.15) is 17.5 Å². The minimum absolute atomic E-state index is 0.0916. The highest BCUT2D eigenvalue weighted by atomic mass is 16.3. The number of carbonyl (C=O) groups is 1. The van der Waals surface area contributed by atoms with Gasteiger partial charge in [0, 0.05) is 11.3 Å². The summed E-state index contributed by atoms with van der Waals surface area (Å²) in [6.07, 6.45) is -0.431. The third-order valence-corrected chi connectivity index (χ3v) is 2.80. The van der Waals surface area contributed by atoms with Gasteiger partial charge in [-0.1, -0.05) is 17.7 Å². The SMILES string of the molecule is Cc1ccc(N2CC(O)CC2=O)c(CO)c1. The normalized spacial score (nSPS) is 20.6. The molecule has 1 aliphatic heterocycles. The highest BCUT2D eigenvalue weighted by Gasteiger charge is 2.30. The third-order valence-electron chi connectivity index (χ3n) is 2.80. The zero-order chi connectivity index (χ0) is 11.7. The van der Waals surface area contributed by atoms with E-state index in [0.29, 0.717) is 12.2 Å². The third kappa shape index (κ3) is 1.94. The van der Waals surface area contributed by atoms with Crippen LogP contribution in [0.5, 0.6) is 0 Å². The molecule has 0 aromatic heterocycles. The number of hydrogen-bond donors (Lipinski definition) is 2. The molecule has 86 valence electrons. The van der Waals surface area contributed by atoms with Gasteiger partial charge in [-0.15, -0.1) is 0 Å². The summed E-state index contributed by atoms with van der Waals surface area (Å²) in [5.74, 6) is -0.0916. The first kappa shape index (κ1) is 11.1. The van der Waals surface area contributed by atoms with Crippen molar-refractivity contribution in [3.05, 3.63) is 29.3 Å². The van der Waals surface area contributed by atoms with Crippen LogP contribution in [0.15, 0.2) is 18.2 Å². The van der Waals surface area contributed by atoms with Crippen molar-refractivity contribution >= 4 is 11.6 Å². The van der Waals surface area contributed by atoms with E-state index in [9.17, 15) is 15.0 Å². The number of β-amino-alcohol motifs (C(OH)–C–C–N with tert-alkyl or cyclic N) is 1. The Morgan fingerprint density at radius 1 is 1.50 bits per heavy atom. The van der Waals surface area contributed by atoms with E-state index < -0.39 is 6.10 Å². The largest absolute Gasteiger partial charge is 0.392 e. The average molecular weight is 221 g/mol. The molecular weight excluding hydrogens is 206 g/mol. The lowest BCUT2D eigenvalue weighted by Crippen LogP contribution is -2.26. The minimum atomic E-state index is -0.597. The lowest BCUT2D eigenvalue weighted by atomic mass is 10.1. The molecule has 1 aromatic carbocycles. The van der Waals surface area contributed by atoms with E-state index in [1.54, 1.807) is 0 Å². The second kappa shape index (κ2) is 4.23. The van der Waals surface area contributed by atoms with Crippen molar-refractivity contribution in [3.8, 4) is 0 Å². The Morgan fingerprint density at radius 2 is 2.25 bits per heavy atom. The number of hydrogen-bond acceptors (Lipinski definition) is 3. The standard InChI is InChI=1S/C12H15NO3/c1-8-2-3-11(9(4-8)7-14)13-6-10(15)5-12(13)16/h2-4,10,14-15H,5-7H2,1H3. The number of anilines is 1. The zero-order valence-corrected chi connectivity index (χ0v) is 9.18. The van der Waals surface area contributed by atoms with Gasteiger partial charge in [-0.2, -0.15) is 0 Å². The van der Waals surface area contributed by atoms with E-state index >= 15 is 0 Å². The van der Waals surface area contributed by atoms with Gasteiger partial charge in [0.25, 0.3) is 0 Å². The Balaban J connectivity index is 2.36. The quantitative estimate of drug-likeness (QED) is 0.768. The Bertz CT molecular complexity index is 417. The van der Waals surface area contributed by atoms with Crippen molar-refractivity contribution in [2.24, 2.45) is 0 Å². The van der Waals surface area contributed by atoms with Crippen molar-refractivity contribution in [2.45, 2.75) is 26.1 Å². The van der Waals surface area contributed by atoms with Gasteiger partial charge in [-0.05, 0) is 13.0 Å². The maximum Gasteiger partial charge on any atom is 0.229 e. The van der Waals surface area contributed by atoms with Crippen LogP contribution in [0.2, 0.25) is 0 Å². The Morgan fingerprint density at radius 3 is 2.81 bits per heavy atom. The molecule has 4 nitrogen and oxygen atoms in total. The second-order valence-corrected chi connectivity index (χ2v) is 4.15. The maximum atomic E-state index is 11.6. The molecule has 2 rings (SSSR count). The van der Waals surface area contributed by atoms with Crippen molar-refractivity contribution < 1.29 is 15.0 Å². The summed E-state index contributed by atoms with van der Waals surface area (Å²) in [7, 11) is 0. The predicted molar refractivity (Wildman–Crippen MR) is 60.1 cm³/mol. The molecule has 0 bridgehead atoms. The first-order valence-corrected chi connectivity index (χ1v) is 5.30. The van der Waals surface area contributed by atoms with E-state index in [0.717, 1.165) is 11.1 Å². The smallest absolute Gasteiger partial charge is 0.229 e. The fourth-order valence-electron chi connectivity index (χ4n) is 2.03. The molecule has 1 amide bonds. The number of aryl methyl sites for hydroxylation is 1. The number of rotatable bonds is 2. The number of aliphatic hydroxyl groups excluding tert-OH is 2. The van der Waals surface area contributed by atoms with Crippen molar-refractivity contribution in [1.82, 2.24) is 0 Å². The van der Waals surface area contributed by atoms with Crippen LogP contribution in [0.3, 0.4) is 0 Å². The molecule has 2 N–H and O–H groups in total. The average Bonchev–Trinajstić information content (AvgIpc) is 2.57. The molecule has 16 heavy (non-hydrogen) atoms. The van der Waals surface area contributed by atoms with Crippen LogP contribution in [0, 0.1) is 6.92 Å². The molecule has 1 unspecified atom stereocenters. The number of benzene rings is 1. The van der Waals surface area contributed by atoms with Crippen molar-refractivity contribution in [1.29, 1.82) is 0 Å². The molecule has 0 spiro atoms. The van der Waals surface area contributed by atoms with Gasteiger partial charge in [0.1, 0.15) is 0 Å². The Labute approximate surface area is 94.1 Å². The number of carbonyl (C=O) groups excluding carboxylic acids is 1. The maximum absolute atomic E-state index is 11.6. The highest BCUT2D eigenvalue weighted by molar-refractivity contribution is 5.96. The summed E-state index contributed by atoms with van der Waals surface area (Å²) in [6, 6.07) is 5.57. The second-order valence-electron chi connectivity index (χ2n) is 4.15. The van der Waals surface area contributed by atoms with Crippen LogP contribution >= 0.6 is 0 Å². The Hall–Kier alpha value is -1.39. The molecule has 4 heteroatoms. The van der Waals surface area contributed by atoms with E-state index in [2.05, 4.69) is 0 Å². The molecule has 1 aliphatic rings. The molecule has 1 heterocycles. The van der Waals surface area contributed by atoms with Gasteiger partial charge in [-0.3, -0.25) is 4.79 Å². The number of amides is 1. The van der Waals surface area contributed by atoms with Gasteiger partial charge >= 0.3 is 0 Å². The molecule has 0 radical (unpaired) electrons. The summed E-state index contributed by atoms with van der Waals surface area (Å²) < 4.78 is 0. The lowest BCUT2D eigenvalue weighted by molar-refractivity contribution is -0.117. The van der Waals surface area contributed by atoms with Crippen LogP contribution in [-0.2, 0) is 11.4 Å². The first-order valence-electron chi connectivity index (χ1n) is 5.30. The summed E-state index contributed by atoms with van der Waals surface area (Å²) in [4.78, 5) is 13.2. The van der Waals surface area contributed by atoms with Crippen molar-refractivity contribution in [2.75, 3.05) is 11.4 Å². The molecule has 1 atom stereocenters. The van der Waals surface area contributed by atoms with Gasteiger partial charge < -0.3 is 15.1 Å². The number of nitrogens with zero attached hydrogens (tertiary/aromatic N) is 1. The Kier molecular flexibility index (Phi) is 2.94. The van der Waals surface area contributed by atoms with Gasteiger partial charge in [0.2, 0.25) is 5.91 Å². The van der Waals surface area contributed by atoms with E-state index in [-0.39, 0.29) is 18.9 Å². The van der Waals surface area contributed by atoms with Gasteiger partial charge in [-0.25, -0.2) is 0 Å². The minimum Gasteiger partial charge on any atom is -0.392 e. The lowest BCUT2D eigenvalue weighted by Gasteiger charge is -2.19. The van der Waals surface area contributed by atoms with Crippen LogP contribution in [-0.4, -0.2) is 28.8 Å². The van der Waals surface area contributed by atoms with Crippen LogP contribution in [0.25, 0.3) is 0 Å². The van der Waals surface area contributed by atoms with Gasteiger partial charge in [0.15, 0.2) is 0 Å². The zero-order valence-electron chi connectivity index (χ0n) is 9.18.